The molecule has 0 unspecified atom stereocenters. The van der Waals surface area contributed by atoms with E-state index in [-0.39, 0.29) is 0 Å². The first-order chi connectivity index (χ1) is 8.33. The van der Waals surface area contributed by atoms with E-state index in [0.717, 1.165) is 19.6 Å². The van der Waals surface area contributed by atoms with Gasteiger partial charge in [0.25, 0.3) is 0 Å². The Labute approximate surface area is 107 Å². The number of nitrogens with one attached hydrogen (secondary N) is 1. The lowest BCUT2D eigenvalue weighted by Gasteiger charge is -2.28. The van der Waals surface area contributed by atoms with E-state index in [4.69, 9.17) is 4.84 Å². The van der Waals surface area contributed by atoms with Gasteiger partial charge in [0, 0.05) is 6.54 Å². The largest absolute Gasteiger partial charge is 0.302 e. The first-order valence-corrected chi connectivity index (χ1v) is 7.67. The molecule has 1 saturated carbocycles. The molecule has 1 aliphatic rings. The summed E-state index contributed by atoms with van der Waals surface area (Å²) >= 11 is 0. The minimum absolute atomic E-state index is 0.694. The van der Waals surface area contributed by atoms with Crippen LogP contribution in [0.15, 0.2) is 0 Å². The molecule has 0 heterocycles. The summed E-state index contributed by atoms with van der Waals surface area (Å²) in [4.78, 5) is 5.38. The van der Waals surface area contributed by atoms with Gasteiger partial charge >= 0.3 is 0 Å². The molecule has 0 aromatic carbocycles. The summed E-state index contributed by atoms with van der Waals surface area (Å²) in [7, 11) is 0. The number of hydrogen-bond donors (Lipinski definition) is 1. The lowest BCUT2D eigenvalue weighted by atomic mass is 9.78. The minimum Gasteiger partial charge on any atom is -0.302 e. The Balaban J connectivity index is 2.03. The molecule has 1 fully saturated rings. The van der Waals surface area contributed by atoms with Crippen molar-refractivity contribution in [1.29, 1.82) is 0 Å². The highest BCUT2D eigenvalue weighted by atomic mass is 16.6. The van der Waals surface area contributed by atoms with Crippen LogP contribution in [0.1, 0.15) is 78.1 Å². The zero-order chi connectivity index (χ0) is 12.4. The molecule has 0 aromatic heterocycles. The Morgan fingerprint density at radius 3 is 2.41 bits per heavy atom. The van der Waals surface area contributed by atoms with Crippen LogP contribution >= 0.6 is 0 Å². The van der Waals surface area contributed by atoms with Crippen LogP contribution in [-0.2, 0) is 4.84 Å². The maximum atomic E-state index is 5.38. The van der Waals surface area contributed by atoms with Gasteiger partial charge in [-0.25, -0.2) is 5.48 Å². The van der Waals surface area contributed by atoms with Crippen molar-refractivity contribution in [2.24, 2.45) is 5.41 Å². The summed E-state index contributed by atoms with van der Waals surface area (Å²) in [5.41, 5.74) is 3.80. The average molecular weight is 241 g/mol. The maximum Gasteiger partial charge on any atom is 0.0682 e. The number of hydroxylamine groups is 1. The minimum atomic E-state index is 0.694. The van der Waals surface area contributed by atoms with Gasteiger partial charge in [0.05, 0.1) is 6.61 Å². The molecular weight excluding hydrogens is 210 g/mol. The lowest BCUT2D eigenvalue weighted by molar-refractivity contribution is 0.0362. The topological polar surface area (TPSA) is 21.3 Å². The molecule has 102 valence electrons. The van der Waals surface area contributed by atoms with Crippen molar-refractivity contribution < 1.29 is 4.84 Å². The van der Waals surface area contributed by atoms with Crippen molar-refractivity contribution in [3.8, 4) is 0 Å². The Morgan fingerprint density at radius 1 is 1.00 bits per heavy atom. The van der Waals surface area contributed by atoms with Crippen LogP contribution in [0.5, 0.6) is 0 Å². The highest BCUT2D eigenvalue weighted by Crippen LogP contribution is 2.45. The molecule has 1 aliphatic carbocycles. The fourth-order valence-electron chi connectivity index (χ4n) is 3.18. The van der Waals surface area contributed by atoms with Gasteiger partial charge in [0.2, 0.25) is 0 Å². The molecule has 1 rings (SSSR count). The molecular formula is C15H31NO. The molecule has 0 radical (unpaired) electrons. The molecule has 0 aromatic rings. The molecule has 0 amide bonds. The monoisotopic (exact) mass is 241 g/mol. The van der Waals surface area contributed by atoms with Gasteiger partial charge < -0.3 is 4.84 Å². The molecule has 1 N–H and O–H groups in total. The van der Waals surface area contributed by atoms with E-state index in [1.54, 1.807) is 0 Å². The molecule has 17 heavy (non-hydrogen) atoms. The third kappa shape index (κ3) is 5.87. The van der Waals surface area contributed by atoms with Crippen molar-refractivity contribution in [3.63, 3.8) is 0 Å². The van der Waals surface area contributed by atoms with Crippen LogP contribution in [0.4, 0.5) is 0 Å². The second-order valence-electron chi connectivity index (χ2n) is 5.66. The molecule has 0 aliphatic heterocycles. The Morgan fingerprint density at radius 2 is 1.76 bits per heavy atom. The summed E-state index contributed by atoms with van der Waals surface area (Å²) < 4.78 is 0. The third-order valence-corrected chi connectivity index (χ3v) is 4.13. The second kappa shape index (κ2) is 8.93. The summed E-state index contributed by atoms with van der Waals surface area (Å²) in [5, 5.41) is 0. The van der Waals surface area contributed by atoms with Crippen LogP contribution < -0.4 is 5.48 Å². The van der Waals surface area contributed by atoms with E-state index < -0.39 is 0 Å². The Hall–Kier alpha value is -0.0800. The summed E-state index contributed by atoms with van der Waals surface area (Å²) in [6, 6.07) is 0. The highest BCUT2D eigenvalue weighted by Gasteiger charge is 2.31. The standard InChI is InChI=1S/C15H31NO/c1-3-5-14-17-16-13-8-12-15(9-4-2)10-6-7-11-15/h16H,3-14H2,1-2H3. The van der Waals surface area contributed by atoms with Crippen molar-refractivity contribution in [1.82, 2.24) is 5.48 Å². The highest BCUT2D eigenvalue weighted by molar-refractivity contribution is 4.84. The molecule has 2 heteroatoms. The quantitative estimate of drug-likeness (QED) is 0.451. The Bertz CT molecular complexity index is 176. The van der Waals surface area contributed by atoms with Gasteiger partial charge in [0.15, 0.2) is 0 Å². The van der Waals surface area contributed by atoms with Crippen molar-refractivity contribution in [3.05, 3.63) is 0 Å². The lowest BCUT2D eigenvalue weighted by Crippen LogP contribution is -2.21. The number of unbranched alkanes of at least 4 members (excludes halogenated alkanes) is 1. The Kier molecular flexibility index (Phi) is 7.87. The normalized spacial score (nSPS) is 18.7. The average Bonchev–Trinajstić information content (AvgIpc) is 2.77. The zero-order valence-electron chi connectivity index (χ0n) is 11.9. The van der Waals surface area contributed by atoms with Crippen LogP contribution in [0.2, 0.25) is 0 Å². The van der Waals surface area contributed by atoms with Crippen molar-refractivity contribution >= 4 is 0 Å². The predicted molar refractivity (Wildman–Crippen MR) is 73.9 cm³/mol. The molecule has 0 atom stereocenters. The maximum absolute atomic E-state index is 5.38. The van der Waals surface area contributed by atoms with E-state index >= 15 is 0 Å². The third-order valence-electron chi connectivity index (χ3n) is 4.13. The van der Waals surface area contributed by atoms with Gasteiger partial charge in [-0.3, -0.25) is 0 Å². The van der Waals surface area contributed by atoms with Gasteiger partial charge in [-0.2, -0.15) is 0 Å². The van der Waals surface area contributed by atoms with Gasteiger partial charge in [-0.05, 0) is 43.9 Å². The SMILES string of the molecule is CCCCONCCCC1(CCC)CCCC1. The zero-order valence-corrected chi connectivity index (χ0v) is 11.9. The summed E-state index contributed by atoms with van der Waals surface area (Å²) in [6.45, 7) is 6.40. The van der Waals surface area contributed by atoms with E-state index in [1.165, 1.54) is 57.8 Å². The fourth-order valence-corrected chi connectivity index (χ4v) is 3.18. The van der Waals surface area contributed by atoms with E-state index in [9.17, 15) is 0 Å². The fraction of sp³-hybridized carbons (Fsp3) is 1.00. The summed E-state index contributed by atoms with van der Waals surface area (Å²) in [6.07, 6.45) is 13.7. The van der Waals surface area contributed by atoms with Crippen LogP contribution in [0.25, 0.3) is 0 Å². The van der Waals surface area contributed by atoms with Gasteiger partial charge in [-0.15, -0.1) is 0 Å². The second-order valence-corrected chi connectivity index (χ2v) is 5.66. The van der Waals surface area contributed by atoms with E-state index in [2.05, 4.69) is 19.3 Å². The molecule has 2 nitrogen and oxygen atoms in total. The van der Waals surface area contributed by atoms with E-state index in [1.807, 2.05) is 0 Å². The number of hydrogen-bond acceptors (Lipinski definition) is 2. The van der Waals surface area contributed by atoms with Gasteiger partial charge in [0.1, 0.15) is 0 Å². The van der Waals surface area contributed by atoms with Crippen LogP contribution in [-0.4, -0.2) is 13.2 Å². The van der Waals surface area contributed by atoms with Gasteiger partial charge in [-0.1, -0.05) is 39.5 Å². The van der Waals surface area contributed by atoms with Crippen molar-refractivity contribution in [2.75, 3.05) is 13.2 Å². The van der Waals surface area contributed by atoms with Crippen LogP contribution in [0.3, 0.4) is 0 Å². The number of rotatable bonds is 10. The molecule has 0 bridgehead atoms. The smallest absolute Gasteiger partial charge is 0.0682 e. The van der Waals surface area contributed by atoms with E-state index in [0.29, 0.717) is 5.41 Å². The molecule has 0 saturated heterocycles. The summed E-state index contributed by atoms with van der Waals surface area (Å²) in [5.74, 6) is 0. The first-order valence-electron chi connectivity index (χ1n) is 7.67. The first kappa shape index (κ1) is 15.0. The van der Waals surface area contributed by atoms with Crippen molar-refractivity contribution in [2.45, 2.75) is 78.1 Å². The van der Waals surface area contributed by atoms with Crippen LogP contribution in [0, 0.1) is 5.41 Å². The molecule has 0 spiro atoms. The predicted octanol–water partition coefficient (Wildman–Crippen LogP) is 4.45.